The first-order valence-electron chi connectivity index (χ1n) is 0.897. The third kappa shape index (κ3) is 170. The third-order valence-electron chi connectivity index (χ3n) is 0. The molecule has 0 saturated carbocycles. The Kier molecular flexibility index (Phi) is 8.04. The van der Waals surface area contributed by atoms with Gasteiger partial charge in [-0.15, -0.1) is 0 Å². The molecule has 0 bridgehead atoms. The molecule has 0 fully saturated rings. The fourth-order valence-electron chi connectivity index (χ4n) is 0. The van der Waals surface area contributed by atoms with Crippen molar-refractivity contribution in [2.75, 3.05) is 0 Å². The van der Waals surface area contributed by atoms with E-state index in [1.165, 1.54) is 18.0 Å². The van der Waals surface area contributed by atoms with Crippen LogP contribution in [0.25, 0.3) is 0 Å². The van der Waals surface area contributed by atoms with Crippen LogP contribution in [0.3, 0.4) is 0 Å². The van der Waals surface area contributed by atoms with Crippen LogP contribution in [-0.4, -0.2) is 0 Å². The number of hydrogen-bond donors (Lipinski definition) is 0. The molecule has 0 spiro atoms. The average molecular weight is 223 g/mol. The van der Waals surface area contributed by atoms with Gasteiger partial charge in [0.25, 0.3) is 0 Å². The molecule has 0 aromatic rings. The molecular formula is MoO4PS. The van der Waals surface area contributed by atoms with E-state index >= 15 is 0 Å². The van der Waals surface area contributed by atoms with Crippen LogP contribution in [0.1, 0.15) is 0 Å². The molecule has 0 amide bonds. The Morgan fingerprint density at radius 1 is 1.29 bits per heavy atom. The monoisotopic (exact) mass is 225 g/mol. The van der Waals surface area contributed by atoms with Gasteiger partial charge in [-0.1, -0.05) is 0 Å². The second kappa shape index (κ2) is 5.16. The summed E-state index contributed by atoms with van der Waals surface area (Å²) in [4.78, 5) is 25.6. The van der Waals surface area contributed by atoms with E-state index in [1.807, 2.05) is 0 Å². The summed E-state index contributed by atoms with van der Waals surface area (Å²) >= 11 is 1.53. The fourth-order valence-corrected chi connectivity index (χ4v) is 0. The molecule has 0 atom stereocenters. The van der Waals surface area contributed by atoms with Gasteiger partial charge >= 0.3 is 27.8 Å². The van der Waals surface area contributed by atoms with E-state index in [0.29, 0.717) is 0 Å². The van der Waals surface area contributed by atoms with Crippen LogP contribution >= 0.6 is 17.6 Å². The predicted octanol–water partition coefficient (Wildman–Crippen LogP) is -2.18. The van der Waals surface area contributed by atoms with Gasteiger partial charge in [0.05, 0.1) is 0 Å². The van der Waals surface area contributed by atoms with Crippen molar-refractivity contribution in [3.63, 3.8) is 0 Å². The van der Waals surface area contributed by atoms with Crippen LogP contribution in [0, 0.1) is 0 Å². The maximum atomic E-state index is 8.55. The van der Waals surface area contributed by atoms with Crippen LogP contribution in [0.2, 0.25) is 0 Å². The van der Waals surface area contributed by atoms with Gasteiger partial charge in [-0.2, -0.15) is 7.82 Å². The Morgan fingerprint density at radius 2 is 1.29 bits per heavy atom. The predicted molar refractivity (Wildman–Crippen MR) is 15.2 cm³/mol. The van der Waals surface area contributed by atoms with Crippen molar-refractivity contribution < 1.29 is 37.2 Å². The third-order valence-corrected chi connectivity index (χ3v) is 0. The molecule has 0 unspecified atom stereocenters. The van der Waals surface area contributed by atoms with Gasteiger partial charge in [0.2, 0.25) is 0 Å². The first-order chi connectivity index (χ1) is 3.00. The Bertz CT molecular complexity index is 67.5. The summed E-state index contributed by atoms with van der Waals surface area (Å²) in [7, 11) is -1.30. The molecule has 4 nitrogen and oxygen atoms in total. The SMILES string of the molecule is O=P([O-])([O-])[O-].[S]=[Mo+3]. The van der Waals surface area contributed by atoms with Crippen molar-refractivity contribution in [3.05, 3.63) is 0 Å². The van der Waals surface area contributed by atoms with Gasteiger partial charge in [-0.25, -0.2) is 0 Å². The Morgan fingerprint density at radius 3 is 1.29 bits per heavy atom. The zero-order chi connectivity index (χ0) is 6.50. The van der Waals surface area contributed by atoms with E-state index in [4.69, 9.17) is 19.2 Å². The summed E-state index contributed by atoms with van der Waals surface area (Å²) < 4.78 is 8.55. The summed E-state index contributed by atoms with van der Waals surface area (Å²) in [5, 5.41) is 0. The summed E-state index contributed by atoms with van der Waals surface area (Å²) in [5.74, 6) is 0. The molecule has 0 N–H and O–H groups in total. The quantitative estimate of drug-likeness (QED) is 0.344. The van der Waals surface area contributed by atoms with Crippen molar-refractivity contribution in [3.8, 4) is 0 Å². The van der Waals surface area contributed by atoms with Crippen LogP contribution in [0.4, 0.5) is 0 Å². The van der Waals surface area contributed by atoms with Crippen molar-refractivity contribution in [1.82, 2.24) is 0 Å². The Hall–Kier alpha value is 1.02. The molecule has 0 rings (SSSR count). The van der Waals surface area contributed by atoms with Crippen LogP contribution in [0.15, 0.2) is 0 Å². The van der Waals surface area contributed by atoms with Gasteiger partial charge in [-0.05, 0) is 0 Å². The van der Waals surface area contributed by atoms with Crippen LogP contribution < -0.4 is 14.7 Å². The molecule has 0 saturated heterocycles. The van der Waals surface area contributed by atoms with Gasteiger partial charge in [-0.3, -0.25) is 0 Å². The van der Waals surface area contributed by atoms with E-state index in [9.17, 15) is 0 Å². The minimum absolute atomic E-state index is 1.53. The molecule has 0 heterocycles. The normalized spacial score (nSPS) is 9.29. The van der Waals surface area contributed by atoms with E-state index in [2.05, 4.69) is 9.82 Å². The van der Waals surface area contributed by atoms with Gasteiger partial charge in [0.1, 0.15) is 0 Å². The summed E-state index contributed by atoms with van der Waals surface area (Å²) in [6.07, 6.45) is 0. The van der Waals surface area contributed by atoms with E-state index in [0.717, 1.165) is 0 Å². The maximum absolute atomic E-state index is 8.55. The molecule has 0 aliphatic carbocycles. The van der Waals surface area contributed by atoms with Gasteiger partial charge in [0, 0.05) is 0 Å². The van der Waals surface area contributed by atoms with Gasteiger partial charge < -0.3 is 19.2 Å². The van der Waals surface area contributed by atoms with E-state index < -0.39 is 7.82 Å². The molecule has 0 radical (unpaired) electrons. The Balaban J connectivity index is 0. The summed E-state index contributed by atoms with van der Waals surface area (Å²) in [6, 6.07) is 0. The second-order valence-corrected chi connectivity index (χ2v) is 1.34. The van der Waals surface area contributed by atoms with Crippen LogP contribution in [-0.2, 0) is 22.6 Å². The topological polar surface area (TPSA) is 86.2 Å². The van der Waals surface area contributed by atoms with Crippen molar-refractivity contribution in [1.29, 1.82) is 0 Å². The molecule has 0 aromatic heterocycles. The molecule has 7 heteroatoms. The summed E-state index contributed by atoms with van der Waals surface area (Å²) in [5.41, 5.74) is 0. The second-order valence-electron chi connectivity index (χ2n) is 0.447. The first kappa shape index (κ1) is 10.9. The van der Waals surface area contributed by atoms with Gasteiger partial charge in [0.15, 0.2) is 0 Å². The van der Waals surface area contributed by atoms with E-state index in [1.54, 1.807) is 0 Å². The molecule has 0 aliphatic rings. The average Bonchev–Trinajstić information content (AvgIpc) is 1.36. The molecular weight excluding hydrogens is 223 g/mol. The molecule has 0 aromatic carbocycles. The van der Waals surface area contributed by atoms with Crippen molar-refractivity contribution in [2.24, 2.45) is 0 Å². The number of rotatable bonds is 0. The number of phosphoric acid groups is 1. The number of hydrogen-bond acceptors (Lipinski definition) is 5. The first-order valence-corrected chi connectivity index (χ1v) is 5.15. The Labute approximate surface area is 55.1 Å². The fraction of sp³-hybridized carbons (Fsp3) is 0. The van der Waals surface area contributed by atoms with Crippen LogP contribution in [0.5, 0.6) is 0 Å². The summed E-state index contributed by atoms with van der Waals surface area (Å²) in [6.45, 7) is 0. The minimum atomic E-state index is -5.39. The molecule has 7 heavy (non-hydrogen) atoms. The van der Waals surface area contributed by atoms with Crippen molar-refractivity contribution >= 4 is 17.6 Å². The molecule has 41 valence electrons. The zero-order valence-electron chi connectivity index (χ0n) is 2.90. The van der Waals surface area contributed by atoms with Crippen molar-refractivity contribution in [2.45, 2.75) is 0 Å². The zero-order valence-corrected chi connectivity index (χ0v) is 6.61. The molecule has 0 aliphatic heterocycles. The standard InChI is InChI=1S/Mo.H3O4P.S/c;1-5(2,3)4;/h;(H3,1,2,3,4);/q+3;;/p-3. The van der Waals surface area contributed by atoms with E-state index in [-0.39, 0.29) is 0 Å².